The van der Waals surface area contributed by atoms with Crippen LogP contribution in [0.1, 0.15) is 37.7 Å². The molecule has 3 rings (SSSR count). The second-order valence-corrected chi connectivity index (χ2v) is 9.52. The van der Waals surface area contributed by atoms with Gasteiger partial charge < -0.3 is 5.32 Å². The lowest BCUT2D eigenvalue weighted by Gasteiger charge is -2.19. The molecular weight excluding hydrogens is 372 g/mol. The highest BCUT2D eigenvalue weighted by molar-refractivity contribution is 7.92. The van der Waals surface area contributed by atoms with Crippen molar-refractivity contribution >= 4 is 27.1 Å². The average Bonchev–Trinajstić information content (AvgIpc) is 2.95. The summed E-state index contributed by atoms with van der Waals surface area (Å²) >= 11 is 0. The molecule has 1 aromatic heterocycles. The Kier molecular flexibility index (Phi) is 5.21. The van der Waals surface area contributed by atoms with Crippen molar-refractivity contribution < 1.29 is 8.42 Å². The van der Waals surface area contributed by atoms with Crippen LogP contribution >= 0.6 is 0 Å². The van der Waals surface area contributed by atoms with Crippen molar-refractivity contribution in [3.8, 4) is 0 Å². The zero-order chi connectivity index (χ0) is 20.5. The van der Waals surface area contributed by atoms with Crippen LogP contribution in [0.3, 0.4) is 0 Å². The van der Waals surface area contributed by atoms with E-state index in [1.165, 1.54) is 5.56 Å². The summed E-state index contributed by atoms with van der Waals surface area (Å²) in [4.78, 5) is 0.189. The minimum absolute atomic E-state index is 0.114. The lowest BCUT2D eigenvalue weighted by Crippen LogP contribution is -2.14. The first-order valence-electron chi connectivity index (χ1n) is 9.08. The summed E-state index contributed by atoms with van der Waals surface area (Å²) in [5.74, 6) is 0. The average molecular weight is 399 g/mol. The van der Waals surface area contributed by atoms with E-state index >= 15 is 0 Å². The predicted octanol–water partition coefficient (Wildman–Crippen LogP) is 4.87. The Morgan fingerprint density at radius 3 is 1.82 bits per heavy atom. The number of hydrogen-bond donors (Lipinski definition) is 3. The first-order chi connectivity index (χ1) is 13.1. The van der Waals surface area contributed by atoms with Crippen molar-refractivity contribution in [1.82, 2.24) is 10.2 Å². The van der Waals surface area contributed by atoms with Gasteiger partial charge in [-0.25, -0.2) is 8.42 Å². The second-order valence-electron chi connectivity index (χ2n) is 7.90. The first-order valence-corrected chi connectivity index (χ1v) is 10.6. The number of rotatable bonds is 5. The molecule has 0 bridgehead atoms. The molecule has 1 heterocycles. The SMILES string of the molecule is Cc1n[nH]c(C)c1S(=O)(=O)Nc1ccc(Nc2ccc(C(C)(C)C)cc2)cc1. The molecule has 0 aliphatic carbocycles. The molecule has 0 fully saturated rings. The fourth-order valence-corrected chi connectivity index (χ4v) is 4.42. The molecule has 0 atom stereocenters. The van der Waals surface area contributed by atoms with E-state index in [0.29, 0.717) is 17.1 Å². The number of nitrogens with zero attached hydrogens (tertiary/aromatic N) is 1. The molecule has 0 saturated heterocycles. The van der Waals surface area contributed by atoms with Gasteiger partial charge in [0, 0.05) is 17.1 Å². The Morgan fingerprint density at radius 2 is 1.36 bits per heavy atom. The van der Waals surface area contributed by atoms with E-state index in [0.717, 1.165) is 11.4 Å². The topological polar surface area (TPSA) is 86.9 Å². The summed E-state index contributed by atoms with van der Waals surface area (Å²) in [6.45, 7) is 9.90. The van der Waals surface area contributed by atoms with E-state index < -0.39 is 10.0 Å². The van der Waals surface area contributed by atoms with Gasteiger partial charge in [0.05, 0.1) is 11.4 Å². The van der Waals surface area contributed by atoms with E-state index in [-0.39, 0.29) is 10.3 Å². The van der Waals surface area contributed by atoms with Gasteiger partial charge >= 0.3 is 0 Å². The molecule has 148 valence electrons. The third-order valence-corrected chi connectivity index (χ3v) is 6.15. The minimum atomic E-state index is -3.69. The van der Waals surface area contributed by atoms with Crippen molar-refractivity contribution in [2.45, 2.75) is 44.9 Å². The van der Waals surface area contributed by atoms with Crippen molar-refractivity contribution in [3.05, 3.63) is 65.5 Å². The number of nitrogens with one attached hydrogen (secondary N) is 3. The number of anilines is 3. The molecule has 0 aliphatic heterocycles. The summed E-state index contributed by atoms with van der Waals surface area (Å²) in [6.07, 6.45) is 0. The number of benzene rings is 2. The van der Waals surface area contributed by atoms with Crippen molar-refractivity contribution in [2.75, 3.05) is 10.0 Å². The number of sulfonamides is 1. The third-order valence-electron chi connectivity index (χ3n) is 4.51. The predicted molar refractivity (Wildman–Crippen MR) is 114 cm³/mol. The molecule has 28 heavy (non-hydrogen) atoms. The number of H-pyrrole nitrogens is 1. The van der Waals surface area contributed by atoms with Gasteiger partial charge in [0.15, 0.2) is 0 Å². The van der Waals surface area contributed by atoms with Crippen molar-refractivity contribution in [2.24, 2.45) is 0 Å². The Hall–Kier alpha value is -2.80. The van der Waals surface area contributed by atoms with Crippen LogP contribution in [0.5, 0.6) is 0 Å². The van der Waals surface area contributed by atoms with E-state index in [9.17, 15) is 8.42 Å². The summed E-state index contributed by atoms with van der Waals surface area (Å²) in [6, 6.07) is 15.4. The second kappa shape index (κ2) is 7.31. The maximum atomic E-state index is 12.6. The first kappa shape index (κ1) is 19.9. The van der Waals surface area contributed by atoms with Gasteiger partial charge in [-0.2, -0.15) is 5.10 Å². The van der Waals surface area contributed by atoms with E-state index in [1.807, 2.05) is 24.3 Å². The highest BCUT2D eigenvalue weighted by atomic mass is 32.2. The van der Waals surface area contributed by atoms with Crippen LogP contribution in [-0.4, -0.2) is 18.6 Å². The molecule has 7 heteroatoms. The van der Waals surface area contributed by atoms with Crippen LogP contribution < -0.4 is 10.0 Å². The van der Waals surface area contributed by atoms with Crippen LogP contribution in [0.2, 0.25) is 0 Å². The number of aryl methyl sites for hydroxylation is 2. The number of aromatic nitrogens is 2. The van der Waals surface area contributed by atoms with Crippen LogP contribution in [0, 0.1) is 13.8 Å². The highest BCUT2D eigenvalue weighted by Gasteiger charge is 2.22. The van der Waals surface area contributed by atoms with Gasteiger partial charge in [0.1, 0.15) is 4.90 Å². The smallest absolute Gasteiger partial charge is 0.265 e. The van der Waals surface area contributed by atoms with Gasteiger partial charge in [-0.15, -0.1) is 0 Å². The largest absolute Gasteiger partial charge is 0.356 e. The van der Waals surface area contributed by atoms with Gasteiger partial charge in [-0.3, -0.25) is 9.82 Å². The molecule has 6 nitrogen and oxygen atoms in total. The Labute approximate surface area is 166 Å². The highest BCUT2D eigenvalue weighted by Crippen LogP contribution is 2.26. The summed E-state index contributed by atoms with van der Waals surface area (Å²) in [5, 5.41) is 9.98. The van der Waals surface area contributed by atoms with Gasteiger partial charge in [-0.05, 0) is 61.2 Å². The molecule has 2 aromatic carbocycles. The maximum absolute atomic E-state index is 12.6. The molecule has 0 spiro atoms. The quantitative estimate of drug-likeness (QED) is 0.572. The zero-order valence-corrected chi connectivity index (χ0v) is 17.6. The molecule has 0 radical (unpaired) electrons. The molecule has 0 saturated carbocycles. The lowest BCUT2D eigenvalue weighted by atomic mass is 9.87. The van der Waals surface area contributed by atoms with E-state index in [1.54, 1.807) is 26.0 Å². The normalized spacial score (nSPS) is 12.0. The van der Waals surface area contributed by atoms with Gasteiger partial charge in [-0.1, -0.05) is 32.9 Å². The number of hydrogen-bond acceptors (Lipinski definition) is 4. The monoisotopic (exact) mass is 398 g/mol. The summed E-state index contributed by atoms with van der Waals surface area (Å²) in [7, 11) is -3.69. The standard InChI is InChI=1S/C21H26N4O2S/c1-14-20(15(2)24-23-14)28(26,27)25-19-12-10-18(11-13-19)22-17-8-6-16(7-9-17)21(3,4)5/h6-13,22,25H,1-5H3,(H,23,24). The lowest BCUT2D eigenvalue weighted by molar-refractivity contribution is 0.590. The molecule has 0 aliphatic rings. The Morgan fingerprint density at radius 1 is 0.857 bits per heavy atom. The molecular formula is C21H26N4O2S. The molecule has 3 N–H and O–H groups in total. The third kappa shape index (κ3) is 4.36. The Balaban J connectivity index is 1.72. The molecule has 0 amide bonds. The van der Waals surface area contributed by atoms with Crippen LogP contribution in [0.25, 0.3) is 0 Å². The fraction of sp³-hybridized carbons (Fsp3) is 0.286. The minimum Gasteiger partial charge on any atom is -0.356 e. The van der Waals surface area contributed by atoms with Crippen LogP contribution in [0.15, 0.2) is 53.4 Å². The summed E-state index contributed by atoms with van der Waals surface area (Å²) in [5.41, 5.74) is 4.70. The van der Waals surface area contributed by atoms with Gasteiger partial charge in [0.25, 0.3) is 10.0 Å². The zero-order valence-electron chi connectivity index (χ0n) is 16.8. The van der Waals surface area contributed by atoms with Crippen molar-refractivity contribution in [3.63, 3.8) is 0 Å². The Bertz CT molecular complexity index is 1040. The molecule has 3 aromatic rings. The summed E-state index contributed by atoms with van der Waals surface area (Å²) < 4.78 is 27.8. The van der Waals surface area contributed by atoms with E-state index in [4.69, 9.17) is 0 Å². The van der Waals surface area contributed by atoms with Crippen LogP contribution in [0.4, 0.5) is 17.1 Å². The van der Waals surface area contributed by atoms with Crippen molar-refractivity contribution in [1.29, 1.82) is 0 Å². The van der Waals surface area contributed by atoms with Gasteiger partial charge in [0.2, 0.25) is 0 Å². The maximum Gasteiger partial charge on any atom is 0.265 e. The van der Waals surface area contributed by atoms with E-state index in [2.05, 4.69) is 53.1 Å². The number of aromatic amines is 1. The molecule has 0 unspecified atom stereocenters. The van der Waals surface area contributed by atoms with Crippen LogP contribution in [-0.2, 0) is 15.4 Å². The fourth-order valence-electron chi connectivity index (χ4n) is 2.98.